The minimum absolute atomic E-state index is 0.188. The molecule has 0 atom stereocenters. The minimum atomic E-state index is -0.341. The predicted octanol–water partition coefficient (Wildman–Crippen LogP) is 5.27. The number of halogens is 2. The Hall–Kier alpha value is -2.25. The van der Waals surface area contributed by atoms with Crippen LogP contribution in [0.3, 0.4) is 0 Å². The summed E-state index contributed by atoms with van der Waals surface area (Å²) in [5, 5.41) is 5.43. The van der Waals surface area contributed by atoms with Crippen LogP contribution in [-0.4, -0.2) is 16.6 Å². The Kier molecular flexibility index (Phi) is 6.00. The van der Waals surface area contributed by atoms with Gasteiger partial charge in [0.15, 0.2) is 0 Å². The fraction of sp³-hybridized carbons (Fsp3) is 0.158. The molecule has 0 bridgehead atoms. The zero-order chi connectivity index (χ0) is 18.5. The second kappa shape index (κ2) is 8.42. The van der Waals surface area contributed by atoms with Crippen molar-refractivity contribution in [3.05, 3.63) is 70.7 Å². The van der Waals surface area contributed by atoms with Crippen molar-refractivity contribution < 1.29 is 13.6 Å². The van der Waals surface area contributed by atoms with Crippen molar-refractivity contribution in [3.63, 3.8) is 0 Å². The van der Waals surface area contributed by atoms with Crippen LogP contribution in [0.2, 0.25) is 0 Å². The van der Waals surface area contributed by atoms with Crippen molar-refractivity contribution in [2.45, 2.75) is 12.7 Å². The van der Waals surface area contributed by atoms with Crippen LogP contribution >= 0.6 is 23.1 Å². The highest BCUT2D eigenvalue weighted by Crippen LogP contribution is 2.25. The quantitative estimate of drug-likeness (QED) is 0.624. The van der Waals surface area contributed by atoms with Crippen LogP contribution in [0, 0.1) is 18.6 Å². The van der Waals surface area contributed by atoms with Crippen molar-refractivity contribution >= 4 is 34.7 Å². The fourth-order valence-corrected chi connectivity index (χ4v) is 3.86. The van der Waals surface area contributed by atoms with Crippen LogP contribution in [0.4, 0.5) is 14.5 Å². The molecule has 0 unspecified atom stereocenters. The molecule has 3 nitrogen and oxygen atoms in total. The molecule has 1 N–H and O–H groups in total. The van der Waals surface area contributed by atoms with Crippen molar-refractivity contribution in [3.8, 4) is 10.6 Å². The number of thioether (sulfide) groups is 1. The number of benzene rings is 2. The lowest BCUT2D eigenvalue weighted by Gasteiger charge is -2.06. The number of aromatic nitrogens is 1. The van der Waals surface area contributed by atoms with Gasteiger partial charge in [0.1, 0.15) is 16.6 Å². The summed E-state index contributed by atoms with van der Waals surface area (Å²) in [6, 6.07) is 10.8. The fourth-order valence-electron chi connectivity index (χ4n) is 2.21. The van der Waals surface area contributed by atoms with Gasteiger partial charge >= 0.3 is 0 Å². The minimum Gasteiger partial charge on any atom is -0.325 e. The number of nitrogens with zero attached hydrogens (tertiary/aromatic N) is 1. The van der Waals surface area contributed by atoms with E-state index in [1.807, 2.05) is 5.38 Å². The van der Waals surface area contributed by atoms with Crippen molar-refractivity contribution in [2.24, 2.45) is 0 Å². The van der Waals surface area contributed by atoms with Gasteiger partial charge in [-0.2, -0.15) is 0 Å². The second-order valence-corrected chi connectivity index (χ2v) is 7.50. The molecule has 0 aliphatic heterocycles. The number of rotatable bonds is 6. The smallest absolute Gasteiger partial charge is 0.234 e. The lowest BCUT2D eigenvalue weighted by Crippen LogP contribution is -2.14. The summed E-state index contributed by atoms with van der Waals surface area (Å²) < 4.78 is 26.5. The molecule has 7 heteroatoms. The standard InChI is InChI=1S/C19H16F2N2OS2/c1-12-2-7-15(8-17(12)21)22-18(24)11-25-9-16-10-26-19(23-16)13-3-5-14(20)6-4-13/h2-8,10H,9,11H2,1H3,(H,22,24). The van der Waals surface area contributed by atoms with Gasteiger partial charge in [-0.25, -0.2) is 13.8 Å². The molecule has 3 aromatic rings. The molecule has 0 saturated heterocycles. The Morgan fingerprint density at radius 2 is 1.96 bits per heavy atom. The molecule has 0 saturated carbocycles. The average molecular weight is 390 g/mol. The maximum absolute atomic E-state index is 13.5. The second-order valence-electron chi connectivity index (χ2n) is 5.66. The molecule has 1 heterocycles. The highest BCUT2D eigenvalue weighted by atomic mass is 32.2. The summed E-state index contributed by atoms with van der Waals surface area (Å²) >= 11 is 2.91. The van der Waals surface area contributed by atoms with Gasteiger partial charge in [0.25, 0.3) is 0 Å². The van der Waals surface area contributed by atoms with Gasteiger partial charge in [-0.05, 0) is 48.9 Å². The molecular formula is C19H16F2N2OS2. The first-order valence-electron chi connectivity index (χ1n) is 7.85. The highest BCUT2D eigenvalue weighted by molar-refractivity contribution is 7.99. The SMILES string of the molecule is Cc1ccc(NC(=O)CSCc2csc(-c3ccc(F)cc3)n2)cc1F. The number of anilines is 1. The van der Waals surface area contributed by atoms with Crippen LogP contribution in [0.25, 0.3) is 10.6 Å². The third-order valence-electron chi connectivity index (χ3n) is 3.58. The zero-order valence-corrected chi connectivity index (χ0v) is 15.6. The van der Waals surface area contributed by atoms with Crippen LogP contribution < -0.4 is 5.32 Å². The van der Waals surface area contributed by atoms with Crippen LogP contribution in [-0.2, 0) is 10.5 Å². The van der Waals surface area contributed by atoms with Gasteiger partial charge in [0, 0.05) is 22.4 Å². The molecule has 0 spiro atoms. The van der Waals surface area contributed by atoms with E-state index < -0.39 is 0 Å². The summed E-state index contributed by atoms with van der Waals surface area (Å²) in [4.78, 5) is 16.5. The largest absolute Gasteiger partial charge is 0.325 e. The Morgan fingerprint density at radius 1 is 1.19 bits per heavy atom. The molecule has 0 fully saturated rings. The molecule has 0 radical (unpaired) electrons. The van der Waals surface area contributed by atoms with Gasteiger partial charge in [0.05, 0.1) is 11.4 Å². The number of nitrogens with one attached hydrogen (secondary N) is 1. The maximum Gasteiger partial charge on any atom is 0.234 e. The van der Waals surface area contributed by atoms with Crippen LogP contribution in [0.1, 0.15) is 11.3 Å². The Labute approximate surface area is 158 Å². The van der Waals surface area contributed by atoms with Gasteiger partial charge in [-0.1, -0.05) is 6.07 Å². The third-order valence-corrected chi connectivity index (χ3v) is 5.49. The number of carbonyl (C=O) groups excluding carboxylic acids is 1. The lowest BCUT2D eigenvalue weighted by molar-refractivity contribution is -0.113. The first-order valence-corrected chi connectivity index (χ1v) is 9.89. The molecule has 0 aliphatic rings. The summed E-state index contributed by atoms with van der Waals surface area (Å²) in [6.07, 6.45) is 0. The number of aryl methyl sites for hydroxylation is 1. The van der Waals surface area contributed by atoms with Gasteiger partial charge < -0.3 is 5.32 Å². The van der Waals surface area contributed by atoms with E-state index in [4.69, 9.17) is 0 Å². The third kappa shape index (κ3) is 4.89. The highest BCUT2D eigenvalue weighted by Gasteiger charge is 2.08. The summed E-state index contributed by atoms with van der Waals surface area (Å²) in [5.41, 5.74) is 2.73. The maximum atomic E-state index is 13.5. The Morgan fingerprint density at radius 3 is 2.69 bits per heavy atom. The average Bonchev–Trinajstić information content (AvgIpc) is 3.08. The van der Waals surface area contributed by atoms with E-state index in [0.29, 0.717) is 17.0 Å². The molecule has 2 aromatic carbocycles. The number of hydrogen-bond donors (Lipinski definition) is 1. The topological polar surface area (TPSA) is 42.0 Å². The summed E-state index contributed by atoms with van der Waals surface area (Å²) in [5.74, 6) is 0.0331. The van der Waals surface area contributed by atoms with E-state index in [-0.39, 0.29) is 23.3 Å². The summed E-state index contributed by atoms with van der Waals surface area (Å²) in [6.45, 7) is 1.67. The van der Waals surface area contributed by atoms with E-state index in [1.165, 1.54) is 41.3 Å². The lowest BCUT2D eigenvalue weighted by atomic mass is 10.2. The molecule has 3 rings (SSSR count). The van der Waals surface area contributed by atoms with E-state index in [0.717, 1.165) is 16.3 Å². The number of amides is 1. The zero-order valence-electron chi connectivity index (χ0n) is 14.0. The van der Waals surface area contributed by atoms with E-state index in [2.05, 4.69) is 10.3 Å². The van der Waals surface area contributed by atoms with Gasteiger partial charge in [-0.15, -0.1) is 23.1 Å². The number of thiazole rings is 1. The first-order chi connectivity index (χ1) is 12.5. The van der Waals surface area contributed by atoms with Crippen molar-refractivity contribution in [1.82, 2.24) is 4.98 Å². The van der Waals surface area contributed by atoms with Crippen molar-refractivity contribution in [1.29, 1.82) is 0 Å². The van der Waals surface area contributed by atoms with E-state index in [1.54, 1.807) is 31.2 Å². The first kappa shape index (κ1) is 18.5. The Balaban J connectivity index is 1.49. The van der Waals surface area contributed by atoms with Gasteiger partial charge in [-0.3, -0.25) is 4.79 Å². The molecule has 1 amide bonds. The molecule has 0 aliphatic carbocycles. The Bertz CT molecular complexity index is 910. The normalized spacial score (nSPS) is 10.7. The molecule has 1 aromatic heterocycles. The monoisotopic (exact) mass is 390 g/mol. The van der Waals surface area contributed by atoms with Crippen LogP contribution in [0.5, 0.6) is 0 Å². The molecule has 134 valence electrons. The summed E-state index contributed by atoms with van der Waals surface area (Å²) in [7, 11) is 0. The predicted molar refractivity (Wildman–Crippen MR) is 103 cm³/mol. The molecular weight excluding hydrogens is 374 g/mol. The molecule has 26 heavy (non-hydrogen) atoms. The number of hydrogen-bond acceptors (Lipinski definition) is 4. The number of carbonyl (C=O) groups is 1. The van der Waals surface area contributed by atoms with Gasteiger partial charge in [0.2, 0.25) is 5.91 Å². The van der Waals surface area contributed by atoms with E-state index in [9.17, 15) is 13.6 Å². The van der Waals surface area contributed by atoms with E-state index >= 15 is 0 Å². The van der Waals surface area contributed by atoms with Crippen molar-refractivity contribution in [2.75, 3.05) is 11.1 Å². The van der Waals surface area contributed by atoms with Crippen LogP contribution in [0.15, 0.2) is 47.8 Å².